The number of ether oxygens (including phenoxy) is 1. The topological polar surface area (TPSA) is 271 Å². The van der Waals surface area contributed by atoms with Crippen molar-refractivity contribution < 1.29 is 52.5 Å². The van der Waals surface area contributed by atoms with Crippen LogP contribution in [-0.2, 0) is 31.0 Å². The van der Waals surface area contributed by atoms with E-state index in [9.17, 15) is 48.3 Å². The highest BCUT2D eigenvalue weighted by Gasteiger charge is 2.21. The molecular weight excluding hydrogens is 688 g/mol. The molecular formula is C26H33ClN6O14S. The van der Waals surface area contributed by atoms with Crippen molar-refractivity contribution in [1.82, 2.24) is 15.4 Å². The summed E-state index contributed by atoms with van der Waals surface area (Å²) in [5.74, 6) is 0.105. The van der Waals surface area contributed by atoms with Gasteiger partial charge in [-0.2, -0.15) is 0 Å². The Morgan fingerprint density at radius 1 is 0.938 bits per heavy atom. The van der Waals surface area contributed by atoms with Crippen LogP contribution in [0.1, 0.15) is 48.0 Å². The second-order valence-electron chi connectivity index (χ2n) is 9.90. The van der Waals surface area contributed by atoms with Crippen LogP contribution in [0.25, 0.3) is 0 Å². The van der Waals surface area contributed by atoms with Crippen LogP contribution in [-0.4, -0.2) is 74.6 Å². The van der Waals surface area contributed by atoms with Crippen molar-refractivity contribution in [1.29, 1.82) is 0 Å². The molecule has 0 saturated heterocycles. The summed E-state index contributed by atoms with van der Waals surface area (Å²) in [4.78, 5) is 65.0. The Bertz CT molecular complexity index is 1510. The molecule has 0 radical (unpaired) electrons. The van der Waals surface area contributed by atoms with E-state index < -0.39 is 50.6 Å². The number of methoxy groups -OCH3 is 1. The zero-order valence-corrected chi connectivity index (χ0v) is 27.0. The SMILES string of the molecule is COc1ccc(Cl)cc1C(=O)NCCc1ccc(S(=O)(=O)NC(=O)NC2CCCCC2)cc1.O=[N+]([O-])OCC(CO[N+](=O)[O-])O[N+](=O)[O-]. The molecule has 1 aliphatic carbocycles. The van der Waals surface area contributed by atoms with Crippen molar-refractivity contribution in [2.45, 2.75) is 55.6 Å². The number of carbonyl (C=O) groups is 2. The van der Waals surface area contributed by atoms with Crippen LogP contribution in [0, 0.1) is 30.3 Å². The Hall–Kier alpha value is -5.18. The molecule has 2 aromatic carbocycles. The van der Waals surface area contributed by atoms with Crippen LogP contribution >= 0.6 is 11.6 Å². The van der Waals surface area contributed by atoms with Crippen molar-refractivity contribution in [2.75, 3.05) is 26.9 Å². The minimum atomic E-state index is -3.97. The summed E-state index contributed by atoms with van der Waals surface area (Å²) in [5.41, 5.74) is 1.17. The highest BCUT2D eigenvalue weighted by Crippen LogP contribution is 2.22. The molecule has 3 amide bonds. The van der Waals surface area contributed by atoms with Gasteiger partial charge in [0.15, 0.2) is 6.10 Å². The second-order valence-corrected chi connectivity index (χ2v) is 12.0. The predicted octanol–water partition coefficient (Wildman–Crippen LogP) is 2.62. The van der Waals surface area contributed by atoms with Crippen molar-refractivity contribution in [3.05, 3.63) is 89.0 Å². The van der Waals surface area contributed by atoms with E-state index in [0.717, 1.165) is 37.7 Å². The lowest BCUT2D eigenvalue weighted by Crippen LogP contribution is -2.45. The molecule has 1 fully saturated rings. The molecule has 22 heteroatoms. The van der Waals surface area contributed by atoms with Crippen LogP contribution in [0.4, 0.5) is 4.79 Å². The van der Waals surface area contributed by atoms with E-state index in [1.807, 2.05) is 0 Å². The molecule has 0 bridgehead atoms. The van der Waals surface area contributed by atoms with Crippen LogP contribution in [0.3, 0.4) is 0 Å². The number of sulfonamides is 1. The quantitative estimate of drug-likeness (QED) is 0.166. The highest BCUT2D eigenvalue weighted by atomic mass is 35.5. The van der Waals surface area contributed by atoms with E-state index in [4.69, 9.17) is 16.3 Å². The predicted molar refractivity (Wildman–Crippen MR) is 164 cm³/mol. The van der Waals surface area contributed by atoms with Gasteiger partial charge in [0.1, 0.15) is 19.0 Å². The van der Waals surface area contributed by atoms with Gasteiger partial charge >= 0.3 is 6.03 Å². The average molecular weight is 721 g/mol. The van der Waals surface area contributed by atoms with Crippen molar-refractivity contribution in [2.24, 2.45) is 0 Å². The van der Waals surface area contributed by atoms with Crippen LogP contribution in [0.5, 0.6) is 5.75 Å². The maximum absolute atomic E-state index is 12.5. The Morgan fingerprint density at radius 2 is 1.54 bits per heavy atom. The maximum Gasteiger partial charge on any atom is 0.328 e. The minimum Gasteiger partial charge on any atom is -0.496 e. The molecule has 264 valence electrons. The summed E-state index contributed by atoms with van der Waals surface area (Å²) in [7, 11) is -2.49. The summed E-state index contributed by atoms with van der Waals surface area (Å²) < 4.78 is 32.2. The molecule has 0 unspecified atom stereocenters. The largest absolute Gasteiger partial charge is 0.496 e. The lowest BCUT2D eigenvalue weighted by Gasteiger charge is -2.22. The molecule has 0 atom stereocenters. The fourth-order valence-electron chi connectivity index (χ4n) is 4.27. The minimum absolute atomic E-state index is 0.00209. The Morgan fingerprint density at radius 3 is 2.08 bits per heavy atom. The molecule has 20 nitrogen and oxygen atoms in total. The zero-order chi connectivity index (χ0) is 35.7. The molecule has 3 rings (SSSR count). The third-order valence-corrected chi connectivity index (χ3v) is 8.06. The standard InChI is InChI=1S/C23H28ClN3O5S.C3H5N3O9/c1-32-21-12-9-17(24)15-20(21)22(28)25-14-13-16-7-10-19(11-8-16)33(30,31)27-23(29)26-18-5-3-2-4-6-18;7-4(8)13-1-3(15-6(11)12)2-14-5(9)10/h7-12,15,18H,2-6,13-14H2,1H3,(H,25,28)(H2,26,27,29);3H,1-2H2. The summed E-state index contributed by atoms with van der Waals surface area (Å²) >= 11 is 5.96. The van der Waals surface area contributed by atoms with E-state index in [2.05, 4.69) is 29.9 Å². The van der Waals surface area contributed by atoms with Gasteiger partial charge in [0.25, 0.3) is 31.2 Å². The summed E-state index contributed by atoms with van der Waals surface area (Å²) in [6.07, 6.45) is 3.88. The Kier molecular flexibility index (Phi) is 15.8. The smallest absolute Gasteiger partial charge is 0.328 e. The van der Waals surface area contributed by atoms with Crippen molar-refractivity contribution in [3.63, 3.8) is 0 Å². The molecule has 2 aromatic rings. The average Bonchev–Trinajstić information content (AvgIpc) is 3.02. The molecule has 0 aliphatic heterocycles. The van der Waals surface area contributed by atoms with Gasteiger partial charge in [-0.25, -0.2) is 17.9 Å². The molecule has 0 aromatic heterocycles. The van der Waals surface area contributed by atoms with Crippen molar-refractivity contribution in [3.8, 4) is 5.75 Å². The first-order valence-corrected chi connectivity index (χ1v) is 16.0. The number of urea groups is 1. The van der Waals surface area contributed by atoms with Gasteiger partial charge in [-0.05, 0) is 55.2 Å². The molecule has 1 saturated carbocycles. The number of rotatable bonds is 16. The summed E-state index contributed by atoms with van der Waals surface area (Å²) in [5, 5.41) is 31.5. The number of halogens is 1. The normalized spacial score (nSPS) is 12.8. The number of nitrogens with zero attached hydrogens (tertiary/aromatic N) is 3. The van der Waals surface area contributed by atoms with Crippen LogP contribution in [0.2, 0.25) is 5.02 Å². The third-order valence-electron chi connectivity index (χ3n) is 6.47. The fraction of sp³-hybridized carbons (Fsp3) is 0.462. The number of amides is 3. The van der Waals surface area contributed by atoms with Gasteiger partial charge in [0.2, 0.25) is 0 Å². The first-order valence-electron chi connectivity index (χ1n) is 14.1. The number of carbonyl (C=O) groups excluding carboxylic acids is 2. The first kappa shape index (κ1) is 39.0. The van der Waals surface area contributed by atoms with Crippen molar-refractivity contribution >= 4 is 33.6 Å². The zero-order valence-electron chi connectivity index (χ0n) is 25.4. The van der Waals surface area contributed by atoms with Crippen LogP contribution in [0.15, 0.2) is 47.4 Å². The van der Waals surface area contributed by atoms with E-state index in [1.54, 1.807) is 24.3 Å². The summed E-state index contributed by atoms with van der Waals surface area (Å²) in [6.45, 7) is -1.35. The first-order chi connectivity index (χ1) is 22.7. The van der Waals surface area contributed by atoms with E-state index in [1.165, 1.54) is 25.3 Å². The lowest BCUT2D eigenvalue weighted by atomic mass is 9.96. The maximum atomic E-state index is 12.5. The van der Waals surface area contributed by atoms with Crippen LogP contribution < -0.4 is 20.1 Å². The van der Waals surface area contributed by atoms with Gasteiger partial charge in [-0.1, -0.05) is 43.0 Å². The lowest BCUT2D eigenvalue weighted by molar-refractivity contribution is -0.803. The van der Waals surface area contributed by atoms with E-state index in [0.29, 0.717) is 29.3 Å². The monoisotopic (exact) mass is 720 g/mol. The molecule has 1 aliphatic rings. The number of benzene rings is 2. The fourth-order valence-corrected chi connectivity index (χ4v) is 5.36. The van der Waals surface area contributed by atoms with Gasteiger partial charge < -0.3 is 29.9 Å². The third kappa shape index (κ3) is 14.5. The summed E-state index contributed by atoms with van der Waals surface area (Å²) in [6, 6.07) is 10.3. The highest BCUT2D eigenvalue weighted by molar-refractivity contribution is 7.90. The van der Waals surface area contributed by atoms with Gasteiger partial charge in [0.05, 0.1) is 17.6 Å². The number of nitrogens with one attached hydrogen (secondary N) is 3. The molecule has 0 spiro atoms. The molecule has 48 heavy (non-hydrogen) atoms. The van der Waals surface area contributed by atoms with E-state index >= 15 is 0 Å². The van der Waals surface area contributed by atoms with Gasteiger partial charge in [-0.3, -0.25) is 4.79 Å². The second kappa shape index (κ2) is 19.5. The number of hydrogen-bond acceptors (Lipinski definition) is 14. The molecule has 3 N–H and O–H groups in total. The Labute approximate surface area is 278 Å². The van der Waals surface area contributed by atoms with E-state index in [-0.39, 0.29) is 16.8 Å². The van der Waals surface area contributed by atoms with Gasteiger partial charge in [0, 0.05) is 17.6 Å². The number of hydrogen-bond donors (Lipinski definition) is 3. The van der Waals surface area contributed by atoms with Gasteiger partial charge in [-0.15, -0.1) is 30.3 Å². The molecule has 0 heterocycles. The Balaban J connectivity index is 0.000000450.